The Hall–Kier alpha value is -1.59. The number of hydrogen-bond donors (Lipinski definition) is 2. The molecule has 0 saturated carbocycles. The number of nitrogens with two attached hydrogens (primary N) is 1. The lowest BCUT2D eigenvalue weighted by Crippen LogP contribution is -2.37. The standard InChI is InChI=1S/C6H8N4O5S2/c1-3(11)10(2-4(7)12)5-8-9-6(16-5)17(13,14)15/h2H2,1H3,(H2,7,12)(H,13,14,15). The first kappa shape index (κ1) is 13.5. The molecule has 0 bridgehead atoms. The van der Waals surface area contributed by atoms with Crippen LogP contribution in [0.5, 0.6) is 0 Å². The van der Waals surface area contributed by atoms with E-state index >= 15 is 0 Å². The number of rotatable bonds is 4. The molecule has 94 valence electrons. The van der Waals surface area contributed by atoms with Gasteiger partial charge in [0.05, 0.1) is 0 Å². The number of hydrogen-bond acceptors (Lipinski definition) is 7. The molecule has 0 unspecified atom stereocenters. The van der Waals surface area contributed by atoms with Gasteiger partial charge in [-0.05, 0) is 0 Å². The third-order valence-electron chi connectivity index (χ3n) is 1.54. The Morgan fingerprint density at radius 1 is 1.47 bits per heavy atom. The Kier molecular flexibility index (Phi) is 3.75. The van der Waals surface area contributed by atoms with Crippen molar-refractivity contribution >= 4 is 38.4 Å². The first-order valence-electron chi connectivity index (χ1n) is 4.09. The van der Waals surface area contributed by atoms with Gasteiger partial charge in [0.25, 0.3) is 4.34 Å². The summed E-state index contributed by atoms with van der Waals surface area (Å²) >= 11 is 0.455. The highest BCUT2D eigenvalue weighted by atomic mass is 32.3. The average molecular weight is 280 g/mol. The fourth-order valence-electron chi connectivity index (χ4n) is 0.885. The van der Waals surface area contributed by atoms with Crippen LogP contribution >= 0.6 is 11.3 Å². The van der Waals surface area contributed by atoms with E-state index in [1.54, 1.807) is 0 Å². The van der Waals surface area contributed by atoms with Gasteiger partial charge in [0.2, 0.25) is 16.9 Å². The molecule has 9 nitrogen and oxygen atoms in total. The monoisotopic (exact) mass is 280 g/mol. The minimum absolute atomic E-state index is 0.135. The van der Waals surface area contributed by atoms with E-state index in [0.29, 0.717) is 11.3 Å². The van der Waals surface area contributed by atoms with Crippen LogP contribution in [0.25, 0.3) is 0 Å². The van der Waals surface area contributed by atoms with Crippen molar-refractivity contribution in [1.82, 2.24) is 10.2 Å². The Morgan fingerprint density at radius 2 is 2.06 bits per heavy atom. The molecule has 1 aromatic rings. The third-order valence-corrected chi connectivity index (χ3v) is 3.69. The molecule has 0 fully saturated rings. The first-order chi connectivity index (χ1) is 7.71. The van der Waals surface area contributed by atoms with Gasteiger partial charge in [-0.2, -0.15) is 8.42 Å². The van der Waals surface area contributed by atoms with E-state index in [2.05, 4.69) is 10.2 Å². The molecule has 0 aromatic carbocycles. The first-order valence-corrected chi connectivity index (χ1v) is 6.35. The molecule has 0 radical (unpaired) electrons. The molecular formula is C6H8N4O5S2. The quantitative estimate of drug-likeness (QED) is 0.511. The van der Waals surface area contributed by atoms with Gasteiger partial charge in [0, 0.05) is 6.92 Å². The lowest BCUT2D eigenvalue weighted by Gasteiger charge is -2.14. The fraction of sp³-hybridized carbons (Fsp3) is 0.333. The second-order valence-corrected chi connectivity index (χ2v) is 5.45. The molecule has 11 heteroatoms. The topological polar surface area (TPSA) is 144 Å². The molecule has 0 aliphatic carbocycles. The van der Waals surface area contributed by atoms with Crippen molar-refractivity contribution in [3.63, 3.8) is 0 Å². The Morgan fingerprint density at radius 3 is 2.41 bits per heavy atom. The van der Waals surface area contributed by atoms with Gasteiger partial charge in [0.1, 0.15) is 6.54 Å². The second-order valence-electron chi connectivity index (χ2n) is 2.90. The van der Waals surface area contributed by atoms with Gasteiger partial charge in [-0.1, -0.05) is 11.3 Å². The smallest absolute Gasteiger partial charge is 0.324 e. The van der Waals surface area contributed by atoms with E-state index in [-0.39, 0.29) is 5.13 Å². The minimum Gasteiger partial charge on any atom is -0.368 e. The molecule has 0 aliphatic heterocycles. The van der Waals surface area contributed by atoms with E-state index in [1.165, 1.54) is 0 Å². The minimum atomic E-state index is -4.48. The number of nitrogens with zero attached hydrogens (tertiary/aromatic N) is 3. The van der Waals surface area contributed by atoms with Crippen molar-refractivity contribution < 1.29 is 22.6 Å². The largest absolute Gasteiger partial charge is 0.368 e. The van der Waals surface area contributed by atoms with Crippen LogP contribution in [-0.2, 0) is 19.7 Å². The number of anilines is 1. The molecule has 0 aliphatic rings. The van der Waals surface area contributed by atoms with Crippen LogP contribution in [0, 0.1) is 0 Å². The summed E-state index contributed by atoms with van der Waals surface area (Å²) in [6.07, 6.45) is 0. The van der Waals surface area contributed by atoms with E-state index in [0.717, 1.165) is 11.8 Å². The van der Waals surface area contributed by atoms with Crippen molar-refractivity contribution in [3.8, 4) is 0 Å². The van der Waals surface area contributed by atoms with Crippen LogP contribution in [0.1, 0.15) is 6.92 Å². The maximum atomic E-state index is 11.2. The molecule has 0 atom stereocenters. The zero-order valence-electron chi connectivity index (χ0n) is 8.52. The Labute approximate surface area is 100.0 Å². The zero-order valence-corrected chi connectivity index (χ0v) is 10.2. The molecular weight excluding hydrogens is 272 g/mol. The van der Waals surface area contributed by atoms with E-state index in [1.807, 2.05) is 0 Å². The summed E-state index contributed by atoms with van der Waals surface area (Å²) in [6, 6.07) is 0. The summed E-state index contributed by atoms with van der Waals surface area (Å²) in [5.74, 6) is -1.34. The fourth-order valence-corrected chi connectivity index (χ4v) is 2.30. The van der Waals surface area contributed by atoms with Crippen LogP contribution in [0.4, 0.5) is 5.13 Å². The van der Waals surface area contributed by atoms with E-state index in [9.17, 15) is 18.0 Å². The summed E-state index contributed by atoms with van der Waals surface area (Å²) in [5, 5.41) is 6.43. The molecule has 1 aromatic heterocycles. The number of primary amides is 1. The van der Waals surface area contributed by atoms with Crippen LogP contribution in [0.3, 0.4) is 0 Å². The maximum absolute atomic E-state index is 11.2. The van der Waals surface area contributed by atoms with Crippen LogP contribution in [0.2, 0.25) is 0 Å². The highest BCUT2D eigenvalue weighted by molar-refractivity contribution is 7.88. The van der Waals surface area contributed by atoms with Gasteiger partial charge in [0.15, 0.2) is 0 Å². The molecule has 0 saturated heterocycles. The number of aromatic nitrogens is 2. The van der Waals surface area contributed by atoms with Crippen molar-refractivity contribution in [2.24, 2.45) is 5.73 Å². The predicted molar refractivity (Wildman–Crippen MR) is 56.9 cm³/mol. The number of carbonyl (C=O) groups excluding carboxylic acids is 2. The number of amides is 2. The molecule has 2 amide bonds. The zero-order chi connectivity index (χ0) is 13.2. The number of carbonyl (C=O) groups is 2. The summed E-state index contributed by atoms with van der Waals surface area (Å²) in [7, 11) is -4.48. The van der Waals surface area contributed by atoms with Gasteiger partial charge >= 0.3 is 10.1 Å². The van der Waals surface area contributed by atoms with Crippen molar-refractivity contribution in [1.29, 1.82) is 0 Å². The summed E-state index contributed by atoms with van der Waals surface area (Å²) in [5.41, 5.74) is 4.92. The molecule has 0 spiro atoms. The van der Waals surface area contributed by atoms with Crippen molar-refractivity contribution in [3.05, 3.63) is 0 Å². The van der Waals surface area contributed by atoms with Gasteiger partial charge in [-0.25, -0.2) is 0 Å². The molecule has 17 heavy (non-hydrogen) atoms. The molecule has 1 heterocycles. The third kappa shape index (κ3) is 3.44. The van der Waals surface area contributed by atoms with Crippen LogP contribution in [0.15, 0.2) is 4.34 Å². The van der Waals surface area contributed by atoms with Gasteiger partial charge in [-0.15, -0.1) is 10.2 Å². The van der Waals surface area contributed by atoms with Gasteiger partial charge in [-0.3, -0.25) is 19.0 Å². The van der Waals surface area contributed by atoms with E-state index < -0.39 is 32.8 Å². The van der Waals surface area contributed by atoms with Crippen molar-refractivity contribution in [2.75, 3.05) is 11.4 Å². The SMILES string of the molecule is CC(=O)N(CC(N)=O)c1nnc(S(=O)(=O)O)s1. The van der Waals surface area contributed by atoms with Crippen molar-refractivity contribution in [2.45, 2.75) is 11.3 Å². The Balaban J connectivity index is 3.09. The van der Waals surface area contributed by atoms with Crippen LogP contribution in [-0.4, -0.2) is 41.5 Å². The maximum Gasteiger partial charge on any atom is 0.324 e. The molecule has 1 rings (SSSR count). The average Bonchev–Trinajstić information content (AvgIpc) is 2.60. The Bertz CT molecular complexity index is 551. The van der Waals surface area contributed by atoms with Gasteiger partial charge < -0.3 is 5.73 Å². The highest BCUT2D eigenvalue weighted by Gasteiger charge is 2.23. The van der Waals surface area contributed by atoms with E-state index in [4.69, 9.17) is 10.3 Å². The summed E-state index contributed by atoms with van der Waals surface area (Å²) in [4.78, 5) is 22.7. The summed E-state index contributed by atoms with van der Waals surface area (Å²) < 4.78 is 29.5. The lowest BCUT2D eigenvalue weighted by atomic mass is 10.5. The molecule has 3 N–H and O–H groups in total. The summed E-state index contributed by atoms with van der Waals surface area (Å²) in [6.45, 7) is 0.701. The lowest BCUT2D eigenvalue weighted by molar-refractivity contribution is -0.121. The van der Waals surface area contributed by atoms with Crippen LogP contribution < -0.4 is 10.6 Å². The highest BCUT2D eigenvalue weighted by Crippen LogP contribution is 2.23. The predicted octanol–water partition coefficient (Wildman–Crippen LogP) is -1.38. The second kappa shape index (κ2) is 4.73. The normalized spacial score (nSPS) is 11.2.